The van der Waals surface area contributed by atoms with Crippen molar-refractivity contribution in [1.82, 2.24) is 9.78 Å². The summed E-state index contributed by atoms with van der Waals surface area (Å²) in [6, 6.07) is 17.1. The molecule has 1 saturated carbocycles. The van der Waals surface area contributed by atoms with Crippen molar-refractivity contribution < 1.29 is 13.2 Å². The van der Waals surface area contributed by atoms with E-state index in [9.17, 15) is 13.2 Å². The Morgan fingerprint density at radius 2 is 1.66 bits per heavy atom. The summed E-state index contributed by atoms with van der Waals surface area (Å²) in [5, 5.41) is 7.53. The minimum Gasteiger partial charge on any atom is -0.308 e. The SMILES string of the molecule is O=C(Nc1ccn(-c2ccccc2)n1)C1(S(=O)(=O)c2ccc(Cl)cc2)CCCC1. The Kier molecular flexibility index (Phi) is 5.19. The number of hydrogen-bond acceptors (Lipinski definition) is 4. The maximum Gasteiger partial charge on any atom is 0.247 e. The Bertz CT molecular complexity index is 1120. The Balaban J connectivity index is 1.63. The number of carbonyl (C=O) groups is 1. The maximum absolute atomic E-state index is 13.4. The highest BCUT2D eigenvalue weighted by Crippen LogP contribution is 2.41. The molecule has 1 aliphatic carbocycles. The van der Waals surface area contributed by atoms with Crippen LogP contribution < -0.4 is 5.32 Å². The first kappa shape index (κ1) is 19.7. The van der Waals surface area contributed by atoms with Gasteiger partial charge in [0.25, 0.3) is 0 Å². The van der Waals surface area contributed by atoms with Gasteiger partial charge < -0.3 is 5.32 Å². The highest BCUT2D eigenvalue weighted by atomic mass is 35.5. The van der Waals surface area contributed by atoms with Crippen molar-refractivity contribution in [3.63, 3.8) is 0 Å². The van der Waals surface area contributed by atoms with E-state index in [-0.39, 0.29) is 17.7 Å². The predicted octanol–water partition coefficient (Wildman–Crippen LogP) is 4.25. The number of benzene rings is 2. The number of aromatic nitrogens is 2. The molecule has 3 aromatic rings. The number of anilines is 1. The third-order valence-corrected chi connectivity index (χ3v) is 8.08. The lowest BCUT2D eigenvalue weighted by Crippen LogP contribution is -2.47. The van der Waals surface area contributed by atoms with Crippen molar-refractivity contribution in [2.75, 3.05) is 5.32 Å². The van der Waals surface area contributed by atoms with Gasteiger partial charge in [0.05, 0.1) is 10.6 Å². The minimum absolute atomic E-state index is 0.105. The summed E-state index contributed by atoms with van der Waals surface area (Å²) in [6.07, 6.45) is 3.64. The first-order chi connectivity index (χ1) is 13.9. The second kappa shape index (κ2) is 7.65. The van der Waals surface area contributed by atoms with Crippen LogP contribution in [-0.2, 0) is 14.6 Å². The van der Waals surface area contributed by atoms with Crippen LogP contribution >= 0.6 is 11.6 Å². The van der Waals surface area contributed by atoms with Gasteiger partial charge in [0.2, 0.25) is 5.91 Å². The molecule has 4 rings (SSSR count). The first-order valence-electron chi connectivity index (χ1n) is 9.35. The number of hydrogen-bond donors (Lipinski definition) is 1. The van der Waals surface area contributed by atoms with E-state index >= 15 is 0 Å². The number of sulfone groups is 1. The number of rotatable bonds is 5. The lowest BCUT2D eigenvalue weighted by atomic mass is 10.1. The van der Waals surface area contributed by atoms with E-state index in [2.05, 4.69) is 10.4 Å². The lowest BCUT2D eigenvalue weighted by Gasteiger charge is -2.27. The first-order valence-corrected chi connectivity index (χ1v) is 11.2. The summed E-state index contributed by atoms with van der Waals surface area (Å²) in [5.74, 6) is -0.223. The van der Waals surface area contributed by atoms with E-state index in [0.29, 0.717) is 23.7 Å². The van der Waals surface area contributed by atoms with Crippen molar-refractivity contribution >= 4 is 33.2 Å². The highest BCUT2D eigenvalue weighted by molar-refractivity contribution is 7.93. The number of para-hydroxylation sites is 1. The van der Waals surface area contributed by atoms with Gasteiger partial charge in [-0.1, -0.05) is 42.6 Å². The second-order valence-corrected chi connectivity index (χ2v) is 9.79. The van der Waals surface area contributed by atoms with Crippen LogP contribution in [0.1, 0.15) is 25.7 Å². The molecule has 0 spiro atoms. The van der Waals surface area contributed by atoms with Gasteiger partial charge in [-0.3, -0.25) is 4.79 Å². The molecule has 0 aliphatic heterocycles. The van der Waals surface area contributed by atoms with Crippen LogP contribution in [0.25, 0.3) is 5.69 Å². The molecule has 2 aromatic carbocycles. The Labute approximate surface area is 174 Å². The van der Waals surface area contributed by atoms with E-state index in [0.717, 1.165) is 5.69 Å². The molecule has 0 radical (unpaired) electrons. The van der Waals surface area contributed by atoms with Gasteiger partial charge in [-0.15, -0.1) is 0 Å². The second-order valence-electron chi connectivity index (χ2n) is 7.09. The molecule has 1 fully saturated rings. The van der Waals surface area contributed by atoms with Gasteiger partial charge in [0.15, 0.2) is 20.4 Å². The van der Waals surface area contributed by atoms with Crippen molar-refractivity contribution in [3.05, 3.63) is 71.9 Å². The van der Waals surface area contributed by atoms with Gasteiger partial charge in [0.1, 0.15) is 0 Å². The highest BCUT2D eigenvalue weighted by Gasteiger charge is 2.53. The number of carbonyl (C=O) groups excluding carboxylic acids is 1. The fourth-order valence-electron chi connectivity index (χ4n) is 3.75. The van der Waals surface area contributed by atoms with E-state index in [1.165, 1.54) is 24.3 Å². The van der Waals surface area contributed by atoms with Crippen molar-refractivity contribution in [1.29, 1.82) is 0 Å². The van der Waals surface area contributed by atoms with Gasteiger partial charge in [-0.2, -0.15) is 5.10 Å². The van der Waals surface area contributed by atoms with Gasteiger partial charge in [-0.25, -0.2) is 13.1 Å². The molecule has 1 N–H and O–H groups in total. The Hall–Kier alpha value is -2.64. The normalized spacial score (nSPS) is 15.9. The van der Waals surface area contributed by atoms with Crippen molar-refractivity contribution in [2.24, 2.45) is 0 Å². The molecule has 6 nitrogen and oxygen atoms in total. The standard InChI is InChI=1S/C21H20ClN3O3S/c22-16-8-10-18(11-9-16)29(27,28)21(13-4-5-14-21)20(26)23-19-12-15-25(24-19)17-6-2-1-3-7-17/h1-3,6-12,15H,4-5,13-14H2,(H,23,24,26). The number of nitrogens with zero attached hydrogens (tertiary/aromatic N) is 2. The van der Waals surface area contributed by atoms with Gasteiger partial charge in [0, 0.05) is 17.3 Å². The maximum atomic E-state index is 13.4. The Morgan fingerprint density at radius 1 is 1.00 bits per heavy atom. The van der Waals surface area contributed by atoms with Gasteiger partial charge >= 0.3 is 0 Å². The van der Waals surface area contributed by atoms with Crippen molar-refractivity contribution in [2.45, 2.75) is 35.3 Å². The largest absolute Gasteiger partial charge is 0.308 e. The van der Waals surface area contributed by atoms with Crippen LogP contribution in [0.4, 0.5) is 5.82 Å². The third-order valence-electron chi connectivity index (χ3n) is 5.31. The Morgan fingerprint density at radius 3 is 2.31 bits per heavy atom. The molecule has 150 valence electrons. The van der Waals surface area contributed by atoms with Crippen LogP contribution in [0, 0.1) is 0 Å². The molecule has 1 amide bonds. The molecule has 1 aromatic heterocycles. The topological polar surface area (TPSA) is 81.1 Å². The van der Waals surface area contributed by atoms with Crippen LogP contribution in [0.2, 0.25) is 5.02 Å². The molecular weight excluding hydrogens is 410 g/mol. The summed E-state index contributed by atoms with van der Waals surface area (Å²) in [7, 11) is -3.89. The van der Waals surface area contributed by atoms with E-state index < -0.39 is 20.5 Å². The number of amides is 1. The minimum atomic E-state index is -3.89. The zero-order valence-electron chi connectivity index (χ0n) is 15.6. The quantitative estimate of drug-likeness (QED) is 0.657. The zero-order valence-corrected chi connectivity index (χ0v) is 17.2. The summed E-state index contributed by atoms with van der Waals surface area (Å²) >= 11 is 5.89. The smallest absolute Gasteiger partial charge is 0.247 e. The van der Waals surface area contributed by atoms with E-state index in [1.54, 1.807) is 16.9 Å². The molecule has 29 heavy (non-hydrogen) atoms. The van der Waals surface area contributed by atoms with Crippen LogP contribution in [0.5, 0.6) is 0 Å². The molecule has 0 unspecified atom stereocenters. The molecule has 8 heteroatoms. The predicted molar refractivity (Wildman–Crippen MR) is 112 cm³/mol. The molecule has 0 bridgehead atoms. The molecular formula is C21H20ClN3O3S. The fourth-order valence-corrected chi connectivity index (χ4v) is 5.94. The van der Waals surface area contributed by atoms with Gasteiger partial charge in [-0.05, 0) is 49.2 Å². The van der Waals surface area contributed by atoms with Crippen LogP contribution in [-0.4, -0.2) is 28.9 Å². The van der Waals surface area contributed by atoms with Crippen molar-refractivity contribution in [3.8, 4) is 5.69 Å². The summed E-state index contributed by atoms with van der Waals surface area (Å²) < 4.78 is 26.9. The average Bonchev–Trinajstić information content (AvgIpc) is 3.40. The third kappa shape index (κ3) is 3.56. The van der Waals surface area contributed by atoms with Crippen LogP contribution in [0.3, 0.4) is 0 Å². The molecule has 1 heterocycles. The summed E-state index contributed by atoms with van der Waals surface area (Å²) in [5.41, 5.74) is 0.845. The fraction of sp³-hybridized carbons (Fsp3) is 0.238. The molecule has 0 atom stereocenters. The zero-order chi connectivity index (χ0) is 20.5. The van der Waals surface area contributed by atoms with E-state index in [1.807, 2.05) is 30.3 Å². The number of halogens is 1. The molecule has 0 saturated heterocycles. The van der Waals surface area contributed by atoms with E-state index in [4.69, 9.17) is 11.6 Å². The number of nitrogens with one attached hydrogen (secondary N) is 1. The van der Waals surface area contributed by atoms with Crippen LogP contribution in [0.15, 0.2) is 71.8 Å². The molecule has 1 aliphatic rings. The summed E-state index contributed by atoms with van der Waals surface area (Å²) in [4.78, 5) is 13.3. The lowest BCUT2D eigenvalue weighted by molar-refractivity contribution is -0.118. The summed E-state index contributed by atoms with van der Waals surface area (Å²) in [6.45, 7) is 0. The monoisotopic (exact) mass is 429 g/mol. The average molecular weight is 430 g/mol.